The molecule has 0 aromatic carbocycles. The van der Waals surface area contributed by atoms with Gasteiger partial charge in [0.05, 0.1) is 5.69 Å². The van der Waals surface area contributed by atoms with E-state index in [4.69, 9.17) is 10.7 Å². The Morgan fingerprint density at radius 1 is 1.11 bits per heavy atom. The van der Waals surface area contributed by atoms with Crippen LogP contribution in [0.5, 0.6) is 0 Å². The second kappa shape index (κ2) is 5.77. The molecule has 2 rings (SSSR count). The highest BCUT2D eigenvalue weighted by atomic mass is 15.1. The molecule has 1 aliphatic rings. The van der Waals surface area contributed by atoms with Crippen LogP contribution in [0, 0.1) is 0 Å². The molecule has 18 heavy (non-hydrogen) atoms. The van der Waals surface area contributed by atoms with E-state index >= 15 is 0 Å². The van der Waals surface area contributed by atoms with Crippen LogP contribution in [0.3, 0.4) is 0 Å². The van der Waals surface area contributed by atoms with Crippen LogP contribution in [0.4, 0.5) is 5.82 Å². The SMILES string of the molecule is CC(C)c1nc(C2CCCCCCC2)c(N)n1C. The Balaban J connectivity index is 2.23. The molecule has 1 aliphatic carbocycles. The monoisotopic (exact) mass is 249 g/mol. The van der Waals surface area contributed by atoms with E-state index in [1.807, 2.05) is 7.05 Å². The third-order valence-corrected chi connectivity index (χ3v) is 4.21. The topological polar surface area (TPSA) is 43.8 Å². The fraction of sp³-hybridized carbons (Fsp3) is 0.800. The summed E-state index contributed by atoms with van der Waals surface area (Å²) >= 11 is 0. The van der Waals surface area contributed by atoms with E-state index < -0.39 is 0 Å². The summed E-state index contributed by atoms with van der Waals surface area (Å²) in [6, 6.07) is 0. The van der Waals surface area contributed by atoms with E-state index in [0.29, 0.717) is 11.8 Å². The first kappa shape index (κ1) is 13.4. The van der Waals surface area contributed by atoms with Crippen LogP contribution >= 0.6 is 0 Å². The minimum Gasteiger partial charge on any atom is -0.384 e. The van der Waals surface area contributed by atoms with Gasteiger partial charge in [-0.05, 0) is 12.8 Å². The third-order valence-electron chi connectivity index (χ3n) is 4.21. The second-order valence-electron chi connectivity index (χ2n) is 6.00. The van der Waals surface area contributed by atoms with Gasteiger partial charge in [0.15, 0.2) is 0 Å². The maximum Gasteiger partial charge on any atom is 0.126 e. The lowest BCUT2D eigenvalue weighted by Crippen LogP contribution is -2.07. The number of nitrogen functional groups attached to an aromatic ring is 1. The lowest BCUT2D eigenvalue weighted by Gasteiger charge is -2.18. The quantitative estimate of drug-likeness (QED) is 0.862. The average molecular weight is 249 g/mol. The first-order valence-electron chi connectivity index (χ1n) is 7.43. The maximum atomic E-state index is 6.26. The summed E-state index contributed by atoms with van der Waals surface area (Å²) in [4.78, 5) is 4.84. The van der Waals surface area contributed by atoms with Gasteiger partial charge in [-0.1, -0.05) is 46.0 Å². The van der Waals surface area contributed by atoms with Crippen molar-refractivity contribution in [3.8, 4) is 0 Å². The van der Waals surface area contributed by atoms with Crippen LogP contribution in [0.15, 0.2) is 0 Å². The molecule has 0 atom stereocenters. The van der Waals surface area contributed by atoms with Crippen molar-refractivity contribution in [3.05, 3.63) is 11.5 Å². The lowest BCUT2D eigenvalue weighted by molar-refractivity contribution is 0.450. The van der Waals surface area contributed by atoms with Gasteiger partial charge in [-0.3, -0.25) is 0 Å². The van der Waals surface area contributed by atoms with Gasteiger partial charge in [0, 0.05) is 18.9 Å². The van der Waals surface area contributed by atoms with E-state index in [1.54, 1.807) is 0 Å². The van der Waals surface area contributed by atoms with Gasteiger partial charge >= 0.3 is 0 Å². The summed E-state index contributed by atoms with van der Waals surface area (Å²) in [7, 11) is 2.05. The first-order chi connectivity index (χ1) is 8.61. The first-order valence-corrected chi connectivity index (χ1v) is 7.43. The van der Waals surface area contributed by atoms with Gasteiger partial charge < -0.3 is 10.3 Å². The molecule has 1 aromatic rings. The van der Waals surface area contributed by atoms with Gasteiger partial charge in [-0.15, -0.1) is 0 Å². The smallest absolute Gasteiger partial charge is 0.126 e. The molecule has 0 spiro atoms. The number of aromatic nitrogens is 2. The van der Waals surface area contributed by atoms with Crippen LogP contribution < -0.4 is 5.73 Å². The standard InChI is InChI=1S/C15H27N3/c1-11(2)15-17-13(14(16)18(15)3)12-9-7-5-4-6-8-10-12/h11-12H,4-10,16H2,1-3H3. The molecule has 3 heteroatoms. The summed E-state index contributed by atoms with van der Waals surface area (Å²) in [5.74, 6) is 3.05. The highest BCUT2D eigenvalue weighted by molar-refractivity contribution is 5.41. The van der Waals surface area contributed by atoms with Crippen LogP contribution in [0.25, 0.3) is 0 Å². The number of nitrogens with zero attached hydrogens (tertiary/aromatic N) is 2. The second-order valence-corrected chi connectivity index (χ2v) is 6.00. The highest BCUT2D eigenvalue weighted by Crippen LogP contribution is 2.34. The van der Waals surface area contributed by atoms with Crippen LogP contribution in [0.2, 0.25) is 0 Å². The number of nitrogens with two attached hydrogens (primary N) is 1. The van der Waals surface area contributed by atoms with Crippen molar-refractivity contribution < 1.29 is 0 Å². The summed E-state index contributed by atoms with van der Waals surface area (Å²) in [6.07, 6.45) is 9.34. The normalized spacial score (nSPS) is 18.9. The molecule has 102 valence electrons. The zero-order valence-electron chi connectivity index (χ0n) is 12.1. The Morgan fingerprint density at radius 2 is 1.67 bits per heavy atom. The molecule has 0 amide bonds. The Morgan fingerprint density at radius 3 is 2.17 bits per heavy atom. The van der Waals surface area contributed by atoms with Gasteiger partial charge in [-0.25, -0.2) is 4.98 Å². The molecule has 0 radical (unpaired) electrons. The number of hydrogen-bond acceptors (Lipinski definition) is 2. The summed E-state index contributed by atoms with van der Waals surface area (Å²) in [5, 5.41) is 0. The molecule has 1 saturated carbocycles. The van der Waals surface area contributed by atoms with Crippen LogP contribution in [0.1, 0.15) is 82.1 Å². The maximum absolute atomic E-state index is 6.26. The van der Waals surface area contributed by atoms with Gasteiger partial charge in [0.2, 0.25) is 0 Å². The van der Waals surface area contributed by atoms with E-state index in [0.717, 1.165) is 11.6 Å². The van der Waals surface area contributed by atoms with Crippen molar-refractivity contribution in [2.75, 3.05) is 5.73 Å². The van der Waals surface area contributed by atoms with Crippen LogP contribution in [-0.2, 0) is 7.05 Å². The van der Waals surface area contributed by atoms with Crippen molar-refractivity contribution in [2.45, 2.75) is 70.6 Å². The molecule has 1 heterocycles. The van der Waals surface area contributed by atoms with Crippen molar-refractivity contribution in [3.63, 3.8) is 0 Å². The number of hydrogen-bond donors (Lipinski definition) is 1. The largest absolute Gasteiger partial charge is 0.384 e. The van der Waals surface area contributed by atoms with Crippen LogP contribution in [-0.4, -0.2) is 9.55 Å². The van der Waals surface area contributed by atoms with Crippen molar-refractivity contribution >= 4 is 5.82 Å². The van der Waals surface area contributed by atoms with E-state index in [1.165, 1.54) is 50.6 Å². The Kier molecular flexibility index (Phi) is 4.31. The molecular weight excluding hydrogens is 222 g/mol. The van der Waals surface area contributed by atoms with Crippen molar-refractivity contribution in [1.29, 1.82) is 0 Å². The third kappa shape index (κ3) is 2.70. The fourth-order valence-electron chi connectivity index (χ4n) is 3.10. The predicted molar refractivity (Wildman–Crippen MR) is 76.8 cm³/mol. The van der Waals surface area contributed by atoms with Gasteiger partial charge in [0.1, 0.15) is 11.6 Å². The summed E-state index contributed by atoms with van der Waals surface area (Å²) < 4.78 is 2.08. The van der Waals surface area contributed by atoms with E-state index in [2.05, 4.69) is 18.4 Å². The van der Waals surface area contributed by atoms with Gasteiger partial charge in [0.25, 0.3) is 0 Å². The van der Waals surface area contributed by atoms with Crippen molar-refractivity contribution in [2.24, 2.45) is 7.05 Å². The highest BCUT2D eigenvalue weighted by Gasteiger charge is 2.22. The minimum atomic E-state index is 0.444. The van der Waals surface area contributed by atoms with E-state index in [-0.39, 0.29) is 0 Å². The molecule has 0 aliphatic heterocycles. The number of imidazole rings is 1. The molecule has 3 nitrogen and oxygen atoms in total. The molecule has 0 unspecified atom stereocenters. The zero-order chi connectivity index (χ0) is 13.1. The molecular formula is C15H27N3. The molecule has 1 aromatic heterocycles. The average Bonchev–Trinajstić information content (AvgIpc) is 2.57. The minimum absolute atomic E-state index is 0.444. The molecule has 0 saturated heterocycles. The Bertz CT molecular complexity index is 385. The molecule has 0 bridgehead atoms. The van der Waals surface area contributed by atoms with E-state index in [9.17, 15) is 0 Å². The number of rotatable bonds is 2. The predicted octanol–water partition coefficient (Wildman–Crippen LogP) is 3.95. The number of anilines is 1. The Hall–Kier alpha value is -0.990. The zero-order valence-corrected chi connectivity index (χ0v) is 12.1. The fourth-order valence-corrected chi connectivity index (χ4v) is 3.10. The summed E-state index contributed by atoms with van der Waals surface area (Å²) in [5.41, 5.74) is 7.43. The van der Waals surface area contributed by atoms with Gasteiger partial charge in [-0.2, -0.15) is 0 Å². The summed E-state index contributed by atoms with van der Waals surface area (Å²) in [6.45, 7) is 4.37. The lowest BCUT2D eigenvalue weighted by atomic mass is 9.89. The molecule has 2 N–H and O–H groups in total. The Labute approximate surface area is 111 Å². The van der Waals surface area contributed by atoms with Crippen molar-refractivity contribution in [1.82, 2.24) is 9.55 Å². The molecule has 1 fully saturated rings.